The van der Waals surface area contributed by atoms with Crippen LogP contribution in [-0.4, -0.2) is 40.0 Å². The van der Waals surface area contributed by atoms with Gasteiger partial charge >= 0.3 is 0 Å². The lowest BCUT2D eigenvalue weighted by molar-refractivity contribution is -0.122. The van der Waals surface area contributed by atoms with E-state index in [-0.39, 0.29) is 24.1 Å². The number of carbonyl (C=O) groups excluding carboxylic acids is 2. The lowest BCUT2D eigenvalue weighted by Gasteiger charge is -2.08. The summed E-state index contributed by atoms with van der Waals surface area (Å²) in [4.78, 5) is 24.0. The first-order valence-electron chi connectivity index (χ1n) is 9.28. The van der Waals surface area contributed by atoms with E-state index in [2.05, 4.69) is 20.9 Å². The molecule has 0 radical (unpaired) electrons. The van der Waals surface area contributed by atoms with E-state index >= 15 is 0 Å². The molecule has 0 saturated carbocycles. The zero-order chi connectivity index (χ0) is 20.8. The topological polar surface area (TPSA) is 98.1 Å². The number of hydrogen-bond donors (Lipinski definition) is 2. The third-order valence-corrected chi connectivity index (χ3v) is 4.21. The summed E-state index contributed by atoms with van der Waals surface area (Å²) >= 11 is 0. The molecule has 0 unspecified atom stereocenters. The number of hydrogen-bond acceptors (Lipinski definition) is 5. The van der Waals surface area contributed by atoms with Crippen molar-refractivity contribution in [3.63, 3.8) is 0 Å². The molecule has 0 spiro atoms. The van der Waals surface area contributed by atoms with Crippen LogP contribution >= 0.6 is 0 Å². The fraction of sp³-hybridized carbons (Fsp3) is 0.238. The van der Waals surface area contributed by atoms with Crippen LogP contribution in [-0.2, 0) is 4.79 Å². The zero-order valence-corrected chi connectivity index (χ0v) is 16.6. The number of rotatable bonds is 7. The van der Waals surface area contributed by atoms with Crippen LogP contribution in [0.15, 0.2) is 48.5 Å². The SMILES string of the molecule is CCNC(=O)COc1ccc(NC(=O)c2nnn(-c3cccc(C)c3)c2C)cc1. The molecule has 0 bridgehead atoms. The maximum Gasteiger partial charge on any atom is 0.278 e. The number of amides is 2. The van der Waals surface area contributed by atoms with Gasteiger partial charge in [0.05, 0.1) is 11.4 Å². The Morgan fingerprint density at radius 1 is 1.10 bits per heavy atom. The molecule has 0 atom stereocenters. The highest BCUT2D eigenvalue weighted by Crippen LogP contribution is 2.18. The van der Waals surface area contributed by atoms with E-state index in [0.717, 1.165) is 11.3 Å². The lowest BCUT2D eigenvalue weighted by Crippen LogP contribution is -2.28. The van der Waals surface area contributed by atoms with E-state index in [1.54, 1.807) is 35.9 Å². The number of aryl methyl sites for hydroxylation is 1. The normalized spacial score (nSPS) is 10.4. The molecule has 0 aliphatic rings. The molecule has 29 heavy (non-hydrogen) atoms. The predicted molar refractivity (Wildman–Crippen MR) is 109 cm³/mol. The fourth-order valence-electron chi connectivity index (χ4n) is 2.77. The molecule has 2 aromatic carbocycles. The summed E-state index contributed by atoms with van der Waals surface area (Å²) in [5.41, 5.74) is 3.43. The van der Waals surface area contributed by atoms with Gasteiger partial charge in [-0.3, -0.25) is 9.59 Å². The van der Waals surface area contributed by atoms with Crippen LogP contribution in [0.4, 0.5) is 5.69 Å². The highest BCUT2D eigenvalue weighted by atomic mass is 16.5. The molecule has 3 rings (SSSR count). The Morgan fingerprint density at radius 2 is 1.86 bits per heavy atom. The Kier molecular flexibility index (Phi) is 6.23. The van der Waals surface area contributed by atoms with Crippen LogP contribution in [0.3, 0.4) is 0 Å². The first-order valence-corrected chi connectivity index (χ1v) is 9.28. The molecular formula is C21H23N5O3. The van der Waals surface area contributed by atoms with Crippen LogP contribution in [0.1, 0.15) is 28.7 Å². The summed E-state index contributed by atoms with van der Waals surface area (Å²) in [6.45, 7) is 6.14. The van der Waals surface area contributed by atoms with Crippen LogP contribution < -0.4 is 15.4 Å². The van der Waals surface area contributed by atoms with Gasteiger partial charge in [0.25, 0.3) is 11.8 Å². The van der Waals surface area contributed by atoms with E-state index in [4.69, 9.17) is 4.74 Å². The quantitative estimate of drug-likeness (QED) is 0.643. The van der Waals surface area contributed by atoms with Gasteiger partial charge in [-0.2, -0.15) is 0 Å². The molecule has 0 aliphatic heterocycles. The molecule has 8 heteroatoms. The first kappa shape index (κ1) is 20.1. The summed E-state index contributed by atoms with van der Waals surface area (Å²) < 4.78 is 7.03. The Balaban J connectivity index is 1.65. The van der Waals surface area contributed by atoms with E-state index in [9.17, 15) is 9.59 Å². The monoisotopic (exact) mass is 393 g/mol. The molecular weight excluding hydrogens is 370 g/mol. The van der Waals surface area contributed by atoms with Gasteiger partial charge in [-0.1, -0.05) is 17.3 Å². The van der Waals surface area contributed by atoms with E-state index in [1.165, 1.54) is 0 Å². The van der Waals surface area contributed by atoms with Crippen molar-refractivity contribution in [1.82, 2.24) is 20.3 Å². The molecule has 2 amide bonds. The summed E-state index contributed by atoms with van der Waals surface area (Å²) in [5, 5.41) is 13.6. The van der Waals surface area contributed by atoms with Crippen LogP contribution in [0.5, 0.6) is 5.75 Å². The molecule has 0 aliphatic carbocycles. The van der Waals surface area contributed by atoms with Gasteiger partial charge in [0.1, 0.15) is 5.75 Å². The number of carbonyl (C=O) groups is 2. The Bertz CT molecular complexity index is 1010. The molecule has 2 N–H and O–H groups in total. The molecule has 3 aromatic rings. The van der Waals surface area contributed by atoms with Crippen molar-refractivity contribution in [2.75, 3.05) is 18.5 Å². The van der Waals surface area contributed by atoms with Gasteiger partial charge in [0.2, 0.25) is 0 Å². The van der Waals surface area contributed by atoms with Crippen molar-refractivity contribution < 1.29 is 14.3 Å². The minimum atomic E-state index is -0.350. The summed E-state index contributed by atoms with van der Waals surface area (Å²) in [6, 6.07) is 14.6. The van der Waals surface area contributed by atoms with Gasteiger partial charge in [-0.15, -0.1) is 5.10 Å². The number of likely N-dealkylation sites (N-methyl/N-ethyl adjacent to an activating group) is 1. The maximum absolute atomic E-state index is 12.6. The zero-order valence-electron chi connectivity index (χ0n) is 16.6. The summed E-state index contributed by atoms with van der Waals surface area (Å²) in [6.07, 6.45) is 0. The minimum absolute atomic E-state index is 0.0548. The second-order valence-electron chi connectivity index (χ2n) is 6.49. The van der Waals surface area contributed by atoms with Gasteiger partial charge in [-0.25, -0.2) is 4.68 Å². The fourth-order valence-corrected chi connectivity index (χ4v) is 2.77. The van der Waals surface area contributed by atoms with Crippen molar-refractivity contribution in [3.8, 4) is 11.4 Å². The average molecular weight is 393 g/mol. The average Bonchev–Trinajstić information content (AvgIpc) is 3.09. The van der Waals surface area contributed by atoms with Gasteiger partial charge < -0.3 is 15.4 Å². The number of anilines is 1. The number of ether oxygens (including phenoxy) is 1. The second-order valence-corrected chi connectivity index (χ2v) is 6.49. The molecule has 1 heterocycles. The van der Waals surface area contributed by atoms with Crippen molar-refractivity contribution >= 4 is 17.5 Å². The molecule has 8 nitrogen and oxygen atoms in total. The smallest absolute Gasteiger partial charge is 0.278 e. The lowest BCUT2D eigenvalue weighted by atomic mass is 10.2. The third-order valence-electron chi connectivity index (χ3n) is 4.21. The molecule has 0 saturated heterocycles. The van der Waals surface area contributed by atoms with Crippen molar-refractivity contribution in [2.24, 2.45) is 0 Å². The van der Waals surface area contributed by atoms with E-state index in [1.807, 2.05) is 38.1 Å². The standard InChI is InChI=1S/C21H23N5O3/c1-4-22-19(27)13-29-18-10-8-16(9-11-18)23-21(28)20-15(3)26(25-24-20)17-7-5-6-14(2)12-17/h5-12H,4,13H2,1-3H3,(H,22,27)(H,23,28). The van der Waals surface area contributed by atoms with Crippen LogP contribution in [0.25, 0.3) is 5.69 Å². The second kappa shape index (κ2) is 9.01. The van der Waals surface area contributed by atoms with Crippen LogP contribution in [0.2, 0.25) is 0 Å². The van der Waals surface area contributed by atoms with Crippen molar-refractivity contribution in [3.05, 3.63) is 65.5 Å². The highest BCUT2D eigenvalue weighted by molar-refractivity contribution is 6.03. The van der Waals surface area contributed by atoms with Gasteiger partial charge in [0, 0.05) is 12.2 Å². The first-order chi connectivity index (χ1) is 14.0. The molecule has 150 valence electrons. The molecule has 1 aromatic heterocycles. The number of aromatic nitrogens is 3. The Labute approximate surface area is 168 Å². The number of benzene rings is 2. The predicted octanol–water partition coefficient (Wildman–Crippen LogP) is 2.65. The van der Waals surface area contributed by atoms with E-state index < -0.39 is 0 Å². The summed E-state index contributed by atoms with van der Waals surface area (Å²) in [7, 11) is 0. The van der Waals surface area contributed by atoms with E-state index in [0.29, 0.717) is 23.7 Å². The van der Waals surface area contributed by atoms with Crippen molar-refractivity contribution in [2.45, 2.75) is 20.8 Å². The summed E-state index contributed by atoms with van der Waals surface area (Å²) in [5.74, 6) is 0.00488. The van der Waals surface area contributed by atoms with Gasteiger partial charge in [0.15, 0.2) is 12.3 Å². The molecule has 0 fully saturated rings. The van der Waals surface area contributed by atoms with Gasteiger partial charge in [-0.05, 0) is 62.7 Å². The van der Waals surface area contributed by atoms with Crippen molar-refractivity contribution in [1.29, 1.82) is 0 Å². The number of nitrogens with one attached hydrogen (secondary N) is 2. The Morgan fingerprint density at radius 3 is 2.55 bits per heavy atom. The van der Waals surface area contributed by atoms with Crippen LogP contribution in [0, 0.1) is 13.8 Å². The Hall–Kier alpha value is -3.68. The minimum Gasteiger partial charge on any atom is -0.484 e. The third kappa shape index (κ3) is 4.98. The largest absolute Gasteiger partial charge is 0.484 e. The highest BCUT2D eigenvalue weighted by Gasteiger charge is 2.17. The number of nitrogens with zero attached hydrogens (tertiary/aromatic N) is 3. The maximum atomic E-state index is 12.6.